The van der Waals surface area contributed by atoms with E-state index in [-0.39, 0.29) is 18.4 Å². The molecule has 2 heterocycles. The van der Waals surface area contributed by atoms with Crippen LogP contribution < -0.4 is 19.7 Å². The summed E-state index contributed by atoms with van der Waals surface area (Å²) in [6.45, 7) is 0.737. The molecule has 26 heavy (non-hydrogen) atoms. The Bertz CT molecular complexity index is 870. The maximum Gasteiger partial charge on any atom is 0.269 e. The molecule has 7 heteroatoms. The maximum absolute atomic E-state index is 12.7. The summed E-state index contributed by atoms with van der Waals surface area (Å²) in [5.74, 6) is 0.825. The molecule has 2 aromatic carbocycles. The average Bonchev–Trinajstić information content (AvgIpc) is 3.07. The molecule has 2 aromatic rings. The standard InChI is InChI=1S/C19H17ClN2O4/c20-12-7-8-14(22-9-3-6-18(22)23)13(10-12)21-19(24)17-11-25-15-4-1-2-5-16(15)26-17/h1-2,4-5,7-8,10,17H,3,6,9,11H2,(H,21,24)/t17-/m1/s1. The van der Waals surface area contributed by atoms with Gasteiger partial charge in [-0.3, -0.25) is 9.59 Å². The van der Waals surface area contributed by atoms with Crippen LogP contribution in [-0.4, -0.2) is 31.1 Å². The second-order valence-corrected chi connectivity index (χ2v) is 6.60. The van der Waals surface area contributed by atoms with Crippen molar-refractivity contribution in [3.63, 3.8) is 0 Å². The van der Waals surface area contributed by atoms with Gasteiger partial charge in [-0.25, -0.2) is 0 Å². The number of ether oxygens (including phenoxy) is 2. The van der Waals surface area contributed by atoms with Crippen LogP contribution in [0.3, 0.4) is 0 Å². The molecular weight excluding hydrogens is 356 g/mol. The number of nitrogens with zero attached hydrogens (tertiary/aromatic N) is 1. The zero-order chi connectivity index (χ0) is 18.1. The van der Waals surface area contributed by atoms with Crippen molar-refractivity contribution in [2.75, 3.05) is 23.4 Å². The van der Waals surface area contributed by atoms with Gasteiger partial charge in [0.25, 0.3) is 5.91 Å². The van der Waals surface area contributed by atoms with Gasteiger partial charge < -0.3 is 19.7 Å². The van der Waals surface area contributed by atoms with Crippen LogP contribution in [0.5, 0.6) is 11.5 Å². The van der Waals surface area contributed by atoms with E-state index in [1.807, 2.05) is 12.1 Å². The summed E-state index contributed by atoms with van der Waals surface area (Å²) in [6, 6.07) is 12.3. The molecule has 0 unspecified atom stereocenters. The number of anilines is 2. The summed E-state index contributed by atoms with van der Waals surface area (Å²) < 4.78 is 11.3. The molecule has 134 valence electrons. The molecule has 4 rings (SSSR count). The van der Waals surface area contributed by atoms with Crippen LogP contribution in [-0.2, 0) is 9.59 Å². The number of carbonyl (C=O) groups is 2. The minimum absolute atomic E-state index is 0.0361. The second kappa shape index (κ2) is 6.88. The topological polar surface area (TPSA) is 67.9 Å². The zero-order valence-electron chi connectivity index (χ0n) is 13.9. The summed E-state index contributed by atoms with van der Waals surface area (Å²) >= 11 is 6.09. The molecule has 2 aliphatic rings. The number of rotatable bonds is 3. The third kappa shape index (κ3) is 3.20. The Morgan fingerprint density at radius 2 is 2.00 bits per heavy atom. The Kier molecular flexibility index (Phi) is 4.42. The van der Waals surface area contributed by atoms with E-state index < -0.39 is 6.10 Å². The van der Waals surface area contributed by atoms with E-state index in [1.54, 1.807) is 35.2 Å². The lowest BCUT2D eigenvalue weighted by Crippen LogP contribution is -2.40. The van der Waals surface area contributed by atoms with E-state index in [4.69, 9.17) is 21.1 Å². The first kappa shape index (κ1) is 16.7. The highest BCUT2D eigenvalue weighted by Gasteiger charge is 2.29. The van der Waals surface area contributed by atoms with Crippen LogP contribution in [0, 0.1) is 0 Å². The van der Waals surface area contributed by atoms with Gasteiger partial charge in [0.05, 0.1) is 11.4 Å². The van der Waals surface area contributed by atoms with E-state index in [9.17, 15) is 9.59 Å². The first-order chi connectivity index (χ1) is 12.6. The van der Waals surface area contributed by atoms with Crippen LogP contribution >= 0.6 is 11.6 Å². The van der Waals surface area contributed by atoms with Gasteiger partial charge in [0.15, 0.2) is 11.5 Å². The molecule has 1 saturated heterocycles. The Balaban J connectivity index is 1.55. The molecule has 0 aromatic heterocycles. The van der Waals surface area contributed by atoms with Crippen LogP contribution in [0.4, 0.5) is 11.4 Å². The molecule has 0 spiro atoms. The van der Waals surface area contributed by atoms with Crippen LogP contribution in [0.25, 0.3) is 0 Å². The van der Waals surface area contributed by atoms with Crippen molar-refractivity contribution in [2.24, 2.45) is 0 Å². The molecule has 2 aliphatic heterocycles. The van der Waals surface area contributed by atoms with Gasteiger partial charge in [-0.15, -0.1) is 0 Å². The average molecular weight is 373 g/mol. The van der Waals surface area contributed by atoms with Crippen molar-refractivity contribution in [2.45, 2.75) is 18.9 Å². The van der Waals surface area contributed by atoms with E-state index in [2.05, 4.69) is 5.32 Å². The lowest BCUT2D eigenvalue weighted by molar-refractivity contribution is -0.125. The van der Waals surface area contributed by atoms with E-state index in [0.29, 0.717) is 40.9 Å². The highest BCUT2D eigenvalue weighted by atomic mass is 35.5. The fourth-order valence-corrected chi connectivity index (χ4v) is 3.28. The van der Waals surface area contributed by atoms with Crippen LogP contribution in [0.1, 0.15) is 12.8 Å². The molecule has 0 aliphatic carbocycles. The molecular formula is C19H17ClN2O4. The number of nitrogens with one attached hydrogen (secondary N) is 1. The summed E-state index contributed by atoms with van der Waals surface area (Å²) in [5, 5.41) is 3.30. The van der Waals surface area contributed by atoms with E-state index in [1.165, 1.54) is 0 Å². The number of halogens is 1. The zero-order valence-corrected chi connectivity index (χ0v) is 14.7. The molecule has 0 radical (unpaired) electrons. The first-order valence-corrected chi connectivity index (χ1v) is 8.79. The van der Waals surface area contributed by atoms with E-state index >= 15 is 0 Å². The normalized spacial score (nSPS) is 18.7. The summed E-state index contributed by atoms with van der Waals surface area (Å²) in [7, 11) is 0. The third-order valence-electron chi connectivity index (χ3n) is 4.38. The lowest BCUT2D eigenvalue weighted by Gasteiger charge is -2.26. The molecule has 0 bridgehead atoms. The molecule has 2 amide bonds. The summed E-state index contributed by atoms with van der Waals surface area (Å²) in [4.78, 5) is 26.4. The smallest absolute Gasteiger partial charge is 0.269 e. The largest absolute Gasteiger partial charge is 0.485 e. The van der Waals surface area contributed by atoms with E-state index in [0.717, 1.165) is 6.42 Å². The number of hydrogen-bond acceptors (Lipinski definition) is 4. The third-order valence-corrected chi connectivity index (χ3v) is 4.62. The van der Waals surface area contributed by atoms with Crippen LogP contribution in [0.2, 0.25) is 5.02 Å². The maximum atomic E-state index is 12.7. The highest BCUT2D eigenvalue weighted by molar-refractivity contribution is 6.31. The number of para-hydroxylation sites is 2. The molecule has 1 N–H and O–H groups in total. The SMILES string of the molecule is O=C(Nc1cc(Cl)ccc1N1CCCC1=O)[C@H]1COc2ccccc2O1. The van der Waals surface area contributed by atoms with Gasteiger partial charge in [0.1, 0.15) is 6.61 Å². The van der Waals surface area contributed by atoms with Gasteiger partial charge in [0, 0.05) is 18.0 Å². The summed E-state index contributed by atoms with van der Waals surface area (Å²) in [6.07, 6.45) is 0.517. The van der Waals surface area contributed by atoms with Gasteiger partial charge >= 0.3 is 0 Å². The Labute approximate surface area is 155 Å². The highest BCUT2D eigenvalue weighted by Crippen LogP contribution is 2.34. The molecule has 1 fully saturated rings. The Hall–Kier alpha value is -2.73. The fourth-order valence-electron chi connectivity index (χ4n) is 3.11. The lowest BCUT2D eigenvalue weighted by atomic mass is 10.2. The summed E-state index contributed by atoms with van der Waals surface area (Å²) in [5.41, 5.74) is 1.13. The minimum Gasteiger partial charge on any atom is -0.485 e. The minimum atomic E-state index is -0.786. The molecule has 6 nitrogen and oxygen atoms in total. The number of benzene rings is 2. The van der Waals surface area contributed by atoms with Crippen molar-refractivity contribution < 1.29 is 19.1 Å². The molecule has 0 saturated carbocycles. The van der Waals surface area contributed by atoms with Crippen molar-refractivity contribution in [3.8, 4) is 11.5 Å². The van der Waals surface area contributed by atoms with Gasteiger partial charge in [-0.2, -0.15) is 0 Å². The quantitative estimate of drug-likeness (QED) is 0.898. The monoisotopic (exact) mass is 372 g/mol. The van der Waals surface area contributed by atoms with Crippen molar-refractivity contribution in [1.29, 1.82) is 0 Å². The van der Waals surface area contributed by atoms with Crippen LogP contribution in [0.15, 0.2) is 42.5 Å². The number of amides is 2. The van der Waals surface area contributed by atoms with Crippen molar-refractivity contribution >= 4 is 34.8 Å². The predicted molar refractivity (Wildman–Crippen MR) is 98.0 cm³/mol. The Morgan fingerprint density at radius 3 is 2.77 bits per heavy atom. The van der Waals surface area contributed by atoms with Crippen molar-refractivity contribution in [1.82, 2.24) is 0 Å². The van der Waals surface area contributed by atoms with Gasteiger partial charge in [-0.1, -0.05) is 23.7 Å². The number of carbonyl (C=O) groups excluding carboxylic acids is 2. The Morgan fingerprint density at radius 1 is 1.19 bits per heavy atom. The van der Waals surface area contributed by atoms with Gasteiger partial charge in [0.2, 0.25) is 12.0 Å². The predicted octanol–water partition coefficient (Wildman–Crippen LogP) is 3.25. The first-order valence-electron chi connectivity index (χ1n) is 8.41. The number of hydrogen-bond donors (Lipinski definition) is 1. The van der Waals surface area contributed by atoms with Crippen molar-refractivity contribution in [3.05, 3.63) is 47.5 Å². The van der Waals surface area contributed by atoms with Gasteiger partial charge in [-0.05, 0) is 36.8 Å². The fraction of sp³-hybridized carbons (Fsp3) is 0.263. The number of fused-ring (bicyclic) bond motifs is 1. The molecule has 1 atom stereocenters. The second-order valence-electron chi connectivity index (χ2n) is 6.16.